The zero-order valence-electron chi connectivity index (χ0n) is 19.9. The zero-order valence-corrected chi connectivity index (χ0v) is 19.9. The van der Waals surface area contributed by atoms with Crippen LogP contribution in [0.4, 0.5) is 0 Å². The SMILES string of the molecule is CCC1CC(=O)OC2C3CCC(C)(C)OC3CC(OCC(=O)NCCCN3CCNC3)C12. The normalized spacial score (nSPS) is 36.8. The van der Waals surface area contributed by atoms with Crippen molar-refractivity contribution in [2.24, 2.45) is 17.8 Å². The maximum absolute atomic E-state index is 12.5. The van der Waals surface area contributed by atoms with Gasteiger partial charge in [-0.25, -0.2) is 0 Å². The van der Waals surface area contributed by atoms with Crippen molar-refractivity contribution in [1.29, 1.82) is 0 Å². The Morgan fingerprint density at radius 3 is 2.97 bits per heavy atom. The maximum Gasteiger partial charge on any atom is 0.306 e. The molecule has 0 aromatic carbocycles. The zero-order chi connectivity index (χ0) is 22.7. The number of esters is 1. The summed E-state index contributed by atoms with van der Waals surface area (Å²) >= 11 is 0. The van der Waals surface area contributed by atoms with Gasteiger partial charge in [-0.3, -0.25) is 14.5 Å². The molecule has 6 unspecified atom stereocenters. The fourth-order valence-corrected chi connectivity index (χ4v) is 6.13. The molecular formula is C24H41N3O5. The highest BCUT2D eigenvalue weighted by molar-refractivity contribution is 5.77. The predicted octanol–water partition coefficient (Wildman–Crippen LogP) is 1.68. The van der Waals surface area contributed by atoms with Crippen molar-refractivity contribution < 1.29 is 23.8 Å². The fourth-order valence-electron chi connectivity index (χ4n) is 6.13. The summed E-state index contributed by atoms with van der Waals surface area (Å²) in [7, 11) is 0. The van der Waals surface area contributed by atoms with Gasteiger partial charge in [0, 0.05) is 57.5 Å². The average molecular weight is 452 g/mol. The van der Waals surface area contributed by atoms with E-state index in [4.69, 9.17) is 14.2 Å². The number of nitrogens with zero attached hydrogens (tertiary/aromatic N) is 1. The Hall–Kier alpha value is -1.22. The summed E-state index contributed by atoms with van der Waals surface area (Å²) in [5.41, 5.74) is -0.177. The summed E-state index contributed by atoms with van der Waals surface area (Å²) in [4.78, 5) is 27.1. The number of fused-ring (bicyclic) bond motifs is 3. The van der Waals surface area contributed by atoms with Crippen LogP contribution in [0.3, 0.4) is 0 Å². The standard InChI is InChI=1S/C24H41N3O5/c1-4-16-12-21(29)31-23-17-6-7-24(2,3)32-18(17)13-19(22(16)23)30-14-20(28)26-8-5-10-27-11-9-25-15-27/h16-19,22-23,25H,4-15H2,1-3H3,(H,26,28). The summed E-state index contributed by atoms with van der Waals surface area (Å²) < 4.78 is 18.6. The van der Waals surface area contributed by atoms with Crippen molar-refractivity contribution >= 4 is 11.9 Å². The largest absolute Gasteiger partial charge is 0.462 e. The van der Waals surface area contributed by atoms with Gasteiger partial charge in [-0.1, -0.05) is 13.3 Å². The second-order valence-corrected chi connectivity index (χ2v) is 10.6. The van der Waals surface area contributed by atoms with Gasteiger partial charge in [-0.15, -0.1) is 0 Å². The first-order chi connectivity index (χ1) is 15.4. The third-order valence-electron chi connectivity index (χ3n) is 7.83. The van der Waals surface area contributed by atoms with Crippen LogP contribution < -0.4 is 10.6 Å². The third kappa shape index (κ3) is 5.64. The molecular weight excluding hydrogens is 410 g/mol. The van der Waals surface area contributed by atoms with Crippen LogP contribution >= 0.6 is 0 Å². The van der Waals surface area contributed by atoms with Crippen molar-refractivity contribution in [3.8, 4) is 0 Å². The van der Waals surface area contributed by atoms with E-state index in [-0.39, 0.29) is 60.2 Å². The molecule has 0 aromatic rings. The molecule has 1 aliphatic carbocycles. The molecule has 3 heterocycles. The Bertz CT molecular complexity index is 666. The Labute approximate surface area is 192 Å². The first-order valence-corrected chi connectivity index (χ1v) is 12.5. The number of carbonyl (C=O) groups is 2. The lowest BCUT2D eigenvalue weighted by Crippen LogP contribution is -2.60. The van der Waals surface area contributed by atoms with E-state index in [2.05, 4.69) is 36.3 Å². The van der Waals surface area contributed by atoms with Gasteiger partial charge in [0.15, 0.2) is 0 Å². The van der Waals surface area contributed by atoms with Gasteiger partial charge in [0.25, 0.3) is 0 Å². The number of hydrogen-bond acceptors (Lipinski definition) is 7. The van der Waals surface area contributed by atoms with Crippen LogP contribution in [0.1, 0.15) is 59.3 Å². The number of amides is 1. The van der Waals surface area contributed by atoms with Crippen molar-refractivity contribution in [2.75, 3.05) is 39.5 Å². The molecule has 3 aliphatic heterocycles. The highest BCUT2D eigenvalue weighted by Crippen LogP contribution is 2.49. The van der Waals surface area contributed by atoms with E-state index in [1.807, 2.05) is 0 Å². The molecule has 4 rings (SSSR count). The highest BCUT2D eigenvalue weighted by atomic mass is 16.6. The molecule has 4 fully saturated rings. The molecule has 0 aromatic heterocycles. The molecule has 182 valence electrons. The van der Waals surface area contributed by atoms with Crippen LogP contribution in [0.2, 0.25) is 0 Å². The van der Waals surface area contributed by atoms with E-state index >= 15 is 0 Å². The van der Waals surface area contributed by atoms with Crippen LogP contribution in [0, 0.1) is 17.8 Å². The topological polar surface area (TPSA) is 89.1 Å². The van der Waals surface area contributed by atoms with E-state index in [9.17, 15) is 9.59 Å². The maximum atomic E-state index is 12.5. The monoisotopic (exact) mass is 451 g/mol. The molecule has 0 bridgehead atoms. The van der Waals surface area contributed by atoms with Crippen molar-refractivity contribution in [2.45, 2.75) is 83.2 Å². The first-order valence-electron chi connectivity index (χ1n) is 12.5. The Morgan fingerprint density at radius 1 is 1.38 bits per heavy atom. The quantitative estimate of drug-likeness (QED) is 0.429. The van der Waals surface area contributed by atoms with Crippen LogP contribution in [0.25, 0.3) is 0 Å². The molecule has 8 nitrogen and oxygen atoms in total. The lowest BCUT2D eigenvalue weighted by molar-refractivity contribution is -0.238. The molecule has 3 saturated heterocycles. The van der Waals surface area contributed by atoms with Gasteiger partial charge in [-0.2, -0.15) is 0 Å². The third-order valence-corrected chi connectivity index (χ3v) is 7.83. The number of carbonyl (C=O) groups excluding carboxylic acids is 2. The Kier molecular flexibility index (Phi) is 7.75. The second-order valence-electron chi connectivity index (χ2n) is 10.6. The van der Waals surface area contributed by atoms with E-state index in [1.54, 1.807) is 0 Å². The van der Waals surface area contributed by atoms with Gasteiger partial charge in [-0.05, 0) is 39.0 Å². The number of rotatable bonds is 8. The molecule has 2 N–H and O–H groups in total. The fraction of sp³-hybridized carbons (Fsp3) is 0.917. The summed E-state index contributed by atoms with van der Waals surface area (Å²) in [5, 5.41) is 6.31. The van der Waals surface area contributed by atoms with Crippen molar-refractivity contribution in [1.82, 2.24) is 15.5 Å². The van der Waals surface area contributed by atoms with Crippen molar-refractivity contribution in [3.63, 3.8) is 0 Å². The van der Waals surface area contributed by atoms with Gasteiger partial charge < -0.3 is 24.8 Å². The smallest absolute Gasteiger partial charge is 0.306 e. The summed E-state index contributed by atoms with van der Waals surface area (Å²) in [6.45, 7) is 11.1. The van der Waals surface area contributed by atoms with E-state index in [1.165, 1.54) is 0 Å². The molecule has 1 saturated carbocycles. The van der Waals surface area contributed by atoms with Crippen LogP contribution in [-0.2, 0) is 23.8 Å². The summed E-state index contributed by atoms with van der Waals surface area (Å²) in [5.74, 6) is 0.417. The van der Waals surface area contributed by atoms with Crippen molar-refractivity contribution in [3.05, 3.63) is 0 Å². The van der Waals surface area contributed by atoms with E-state index in [0.29, 0.717) is 13.0 Å². The molecule has 32 heavy (non-hydrogen) atoms. The van der Waals surface area contributed by atoms with Gasteiger partial charge in [0.05, 0.1) is 17.8 Å². The molecule has 4 aliphatic rings. The molecule has 8 heteroatoms. The molecule has 0 radical (unpaired) electrons. The lowest BCUT2D eigenvalue weighted by Gasteiger charge is -2.54. The molecule has 0 spiro atoms. The lowest BCUT2D eigenvalue weighted by atomic mass is 9.64. The van der Waals surface area contributed by atoms with Gasteiger partial charge >= 0.3 is 5.97 Å². The average Bonchev–Trinajstić information content (AvgIpc) is 3.27. The Balaban J connectivity index is 1.33. The van der Waals surface area contributed by atoms with Crippen LogP contribution in [-0.4, -0.2) is 80.1 Å². The molecule has 6 atom stereocenters. The molecule has 1 amide bonds. The minimum Gasteiger partial charge on any atom is -0.462 e. The van der Waals surface area contributed by atoms with Crippen LogP contribution in [0.5, 0.6) is 0 Å². The predicted molar refractivity (Wildman–Crippen MR) is 120 cm³/mol. The number of hydrogen-bond donors (Lipinski definition) is 2. The number of nitrogens with one attached hydrogen (secondary N) is 2. The van der Waals surface area contributed by atoms with Crippen LogP contribution in [0.15, 0.2) is 0 Å². The van der Waals surface area contributed by atoms with Gasteiger partial charge in [0.2, 0.25) is 5.91 Å². The first kappa shape index (κ1) is 23.9. The second kappa shape index (κ2) is 10.4. The summed E-state index contributed by atoms with van der Waals surface area (Å²) in [6.07, 6.45) is 4.73. The minimum atomic E-state index is -0.177. The Morgan fingerprint density at radius 2 is 2.22 bits per heavy atom. The van der Waals surface area contributed by atoms with Gasteiger partial charge in [0.1, 0.15) is 12.7 Å². The summed E-state index contributed by atoms with van der Waals surface area (Å²) in [6, 6.07) is 0. The minimum absolute atomic E-state index is 0.00513. The van der Waals surface area contributed by atoms with E-state index < -0.39 is 0 Å². The number of ether oxygens (including phenoxy) is 3. The van der Waals surface area contributed by atoms with E-state index in [0.717, 1.165) is 58.4 Å². The highest BCUT2D eigenvalue weighted by Gasteiger charge is 2.55.